The van der Waals surface area contributed by atoms with Gasteiger partial charge in [0.15, 0.2) is 0 Å². The fraction of sp³-hybridized carbons (Fsp3) is 0.556. The molecule has 2 heterocycles. The van der Waals surface area contributed by atoms with Gasteiger partial charge in [-0.05, 0) is 70.1 Å². The Morgan fingerprint density at radius 3 is 2.57 bits per heavy atom. The molecule has 1 aromatic rings. The van der Waals surface area contributed by atoms with Crippen LogP contribution in [-0.2, 0) is 0 Å². The molecule has 23 heavy (non-hydrogen) atoms. The Balaban J connectivity index is 2.21. The molecule has 0 nitrogen and oxygen atoms in total. The number of halogens is 2. The van der Waals surface area contributed by atoms with Crippen LogP contribution in [0.2, 0.25) is 0 Å². The maximum atomic E-state index is 3.95. The fourth-order valence-electron chi connectivity index (χ4n) is 3.24. The third-order valence-corrected chi connectivity index (χ3v) is 12.2. The first kappa shape index (κ1) is 20.0. The predicted octanol–water partition coefficient (Wildman–Crippen LogP) is 7.29. The largest absolute Gasteiger partial charge is 0.150 e. The Bertz CT molecular complexity index is 615. The number of hydrogen-bond acceptors (Lipinski definition) is 1. The summed E-state index contributed by atoms with van der Waals surface area (Å²) in [6, 6.07) is 4.46. The van der Waals surface area contributed by atoms with Crippen molar-refractivity contribution in [2.24, 2.45) is 5.92 Å². The molecule has 0 aromatic carbocycles. The van der Waals surface area contributed by atoms with Crippen molar-refractivity contribution in [3.05, 3.63) is 37.4 Å². The highest BCUT2D eigenvalue weighted by molar-refractivity contribution is 9.14. The molecule has 0 saturated carbocycles. The van der Waals surface area contributed by atoms with Crippen LogP contribution in [0.1, 0.15) is 57.8 Å². The third-order valence-electron chi connectivity index (χ3n) is 4.47. The Morgan fingerprint density at radius 1 is 1.30 bits per heavy atom. The lowest BCUT2D eigenvalue weighted by atomic mass is 9.90. The van der Waals surface area contributed by atoms with Crippen molar-refractivity contribution in [3.8, 4) is 0 Å². The van der Waals surface area contributed by atoms with Gasteiger partial charge >= 0.3 is 0 Å². The average molecular weight is 494 g/mol. The Hall–Kier alpha value is 0.707. The van der Waals surface area contributed by atoms with Crippen molar-refractivity contribution in [2.45, 2.75) is 57.7 Å². The van der Waals surface area contributed by atoms with Gasteiger partial charge in [0.05, 0.1) is 0 Å². The first-order valence-electron chi connectivity index (χ1n) is 8.33. The standard InChI is InChI=1S/C18H26Br2S2Si/c1-4-13(11-12(3)19)8-9-15-14(5-2)17(22(23)18(15)20)16-7-6-10-21-16/h6-7,10,12-13H,4-5,8-9,11,23H2,1-3H3. The van der Waals surface area contributed by atoms with E-state index in [1.807, 2.05) is 11.3 Å². The number of rotatable bonds is 8. The van der Waals surface area contributed by atoms with Crippen LogP contribution in [0.25, 0.3) is 4.91 Å². The van der Waals surface area contributed by atoms with Crippen LogP contribution in [-0.4, -0.2) is 13.8 Å². The summed E-state index contributed by atoms with van der Waals surface area (Å²) in [5.41, 5.74) is 3.22. The van der Waals surface area contributed by atoms with Crippen molar-refractivity contribution >= 4 is 66.9 Å². The highest BCUT2D eigenvalue weighted by Crippen LogP contribution is 2.56. The summed E-state index contributed by atoms with van der Waals surface area (Å²) in [5, 5.41) is 2.20. The van der Waals surface area contributed by atoms with Crippen molar-refractivity contribution in [1.82, 2.24) is 0 Å². The van der Waals surface area contributed by atoms with Gasteiger partial charge in [0, 0.05) is 27.4 Å². The van der Waals surface area contributed by atoms with Crippen LogP contribution in [0.4, 0.5) is 0 Å². The molecule has 0 spiro atoms. The first-order chi connectivity index (χ1) is 11.0. The van der Waals surface area contributed by atoms with Gasteiger partial charge < -0.3 is 0 Å². The van der Waals surface area contributed by atoms with Gasteiger partial charge in [0.2, 0.25) is 0 Å². The lowest BCUT2D eigenvalue weighted by Gasteiger charge is -2.17. The summed E-state index contributed by atoms with van der Waals surface area (Å²) in [7, 11) is 2.38. The quantitative estimate of drug-likeness (QED) is 0.263. The molecule has 0 amide bonds. The number of alkyl halides is 1. The molecule has 3 unspecified atom stereocenters. The van der Waals surface area contributed by atoms with E-state index in [2.05, 4.69) is 79.1 Å². The zero-order chi connectivity index (χ0) is 17.0. The second-order valence-corrected chi connectivity index (χ2v) is 13.3. The highest BCUT2D eigenvalue weighted by Gasteiger charge is 2.26. The number of hydrogen-bond donors (Lipinski definition) is 0. The topological polar surface area (TPSA) is 0 Å². The van der Waals surface area contributed by atoms with E-state index in [0.717, 1.165) is 12.3 Å². The van der Waals surface area contributed by atoms with Gasteiger partial charge in [-0.25, -0.2) is 0 Å². The summed E-state index contributed by atoms with van der Waals surface area (Å²) in [4.78, 5) is 3.69. The predicted molar refractivity (Wildman–Crippen MR) is 120 cm³/mol. The van der Waals surface area contributed by atoms with Gasteiger partial charge in [-0.15, -0.1) is 21.2 Å². The molecule has 0 bridgehead atoms. The van der Waals surface area contributed by atoms with E-state index in [0.29, 0.717) is 4.83 Å². The molecular formula is C18H26Br2S2Si. The zero-order valence-corrected chi connectivity index (χ0v) is 20.4. The Kier molecular flexibility index (Phi) is 8.20. The summed E-state index contributed by atoms with van der Waals surface area (Å²) in [6.07, 6.45) is 6.23. The molecule has 128 valence electrons. The van der Waals surface area contributed by atoms with Crippen molar-refractivity contribution < 1.29 is 0 Å². The monoisotopic (exact) mass is 492 g/mol. The summed E-state index contributed by atoms with van der Waals surface area (Å²) < 4.78 is 1.47. The van der Waals surface area contributed by atoms with Gasteiger partial charge in [-0.2, -0.15) is 0 Å². The van der Waals surface area contributed by atoms with E-state index in [1.165, 1.54) is 34.4 Å². The van der Waals surface area contributed by atoms with E-state index >= 15 is 0 Å². The molecule has 1 aliphatic heterocycles. The second-order valence-electron chi connectivity index (χ2n) is 6.11. The Labute approximate surface area is 167 Å². The van der Waals surface area contributed by atoms with Crippen molar-refractivity contribution in [3.63, 3.8) is 0 Å². The summed E-state index contributed by atoms with van der Waals surface area (Å²) in [6.45, 7) is 6.91. The molecule has 0 N–H and O–H groups in total. The molecular weight excluding hydrogens is 468 g/mol. The normalized spacial score (nSPS) is 21.2. The molecule has 0 saturated heterocycles. The maximum Gasteiger partial charge on any atom is 0.0465 e. The van der Waals surface area contributed by atoms with Gasteiger partial charge in [-0.1, -0.05) is 49.2 Å². The van der Waals surface area contributed by atoms with Crippen molar-refractivity contribution in [1.29, 1.82) is 0 Å². The number of allylic oxidation sites excluding steroid dienone is 2. The summed E-state index contributed by atoms with van der Waals surface area (Å²) in [5.74, 6) is 0.821. The minimum atomic E-state index is 0.233. The van der Waals surface area contributed by atoms with Gasteiger partial charge in [-0.3, -0.25) is 0 Å². The fourth-order valence-corrected chi connectivity index (χ4v) is 9.23. The molecule has 1 aromatic heterocycles. The molecule has 2 rings (SSSR count). The molecule has 5 heteroatoms. The van der Waals surface area contributed by atoms with E-state index in [1.54, 1.807) is 16.1 Å². The smallest absolute Gasteiger partial charge is 0.0465 e. The van der Waals surface area contributed by atoms with Crippen LogP contribution in [0.5, 0.6) is 0 Å². The van der Waals surface area contributed by atoms with Crippen molar-refractivity contribution in [2.75, 3.05) is 0 Å². The molecule has 0 radical (unpaired) electrons. The van der Waals surface area contributed by atoms with E-state index in [4.69, 9.17) is 0 Å². The van der Waals surface area contributed by atoms with Crippen LogP contribution in [0, 0.1) is 5.92 Å². The zero-order valence-electron chi connectivity index (χ0n) is 14.2. The minimum absolute atomic E-state index is 0.233. The van der Waals surface area contributed by atoms with E-state index in [-0.39, 0.29) is 9.89 Å². The molecule has 0 fully saturated rings. The van der Waals surface area contributed by atoms with Gasteiger partial charge in [0.1, 0.15) is 0 Å². The maximum absolute atomic E-state index is 3.95. The van der Waals surface area contributed by atoms with Gasteiger partial charge in [0.25, 0.3) is 0 Å². The number of thiophene rings is 1. The average Bonchev–Trinajstić information content (AvgIpc) is 3.11. The minimum Gasteiger partial charge on any atom is -0.150 e. The first-order valence-corrected chi connectivity index (χ1v) is 14.0. The SMILES string of the molecule is CCC1=C(c2cccs2)S(=[SiH2])C(Br)=C1CCC(CC)CC(C)Br. The lowest BCUT2D eigenvalue weighted by Crippen LogP contribution is -2.05. The van der Waals surface area contributed by atoms with E-state index in [9.17, 15) is 0 Å². The van der Waals surface area contributed by atoms with Crippen LogP contribution in [0.3, 0.4) is 0 Å². The third kappa shape index (κ3) is 4.87. The molecule has 3 atom stereocenters. The van der Waals surface area contributed by atoms with E-state index < -0.39 is 0 Å². The van der Waals surface area contributed by atoms with Crippen LogP contribution < -0.4 is 0 Å². The summed E-state index contributed by atoms with van der Waals surface area (Å²) >= 11 is 9.56. The highest BCUT2D eigenvalue weighted by atomic mass is 79.9. The van der Waals surface area contributed by atoms with Crippen LogP contribution >= 0.6 is 53.1 Å². The molecule has 0 aliphatic carbocycles. The lowest BCUT2D eigenvalue weighted by molar-refractivity contribution is 0.439. The molecule has 1 aliphatic rings. The second kappa shape index (κ2) is 9.42. The Morgan fingerprint density at radius 2 is 2.04 bits per heavy atom. The van der Waals surface area contributed by atoms with Crippen LogP contribution in [0.15, 0.2) is 32.5 Å².